The summed E-state index contributed by atoms with van der Waals surface area (Å²) >= 11 is 0. The number of rotatable bonds is 3. The Morgan fingerprint density at radius 1 is 1.00 bits per heavy atom. The van der Waals surface area contributed by atoms with Crippen LogP contribution in [0.4, 0.5) is 5.69 Å². The van der Waals surface area contributed by atoms with Crippen LogP contribution in [0.3, 0.4) is 0 Å². The maximum absolute atomic E-state index is 13.1. The average Bonchev–Trinajstić information content (AvgIpc) is 3.29. The van der Waals surface area contributed by atoms with E-state index < -0.39 is 0 Å². The molecule has 2 atom stereocenters. The van der Waals surface area contributed by atoms with Crippen molar-refractivity contribution in [3.63, 3.8) is 0 Å². The van der Waals surface area contributed by atoms with E-state index in [2.05, 4.69) is 0 Å². The Kier molecular flexibility index (Phi) is 3.52. The van der Waals surface area contributed by atoms with Crippen LogP contribution >= 0.6 is 0 Å². The van der Waals surface area contributed by atoms with Crippen molar-refractivity contribution in [1.29, 1.82) is 0 Å². The standard InChI is InChI=1S/C22H21N3O/c1-2-25(17-6-4-3-5-7-17)22(26)16-10-11-18-19(13-16)24-21-15-9-8-14(12-15)20(21)23-18/h3-7,10-11,13-15H,2,8-9,12H2,1H3. The Hall–Kier alpha value is -2.75. The first-order valence-electron chi connectivity index (χ1n) is 9.43. The summed E-state index contributed by atoms with van der Waals surface area (Å²) in [7, 11) is 0. The van der Waals surface area contributed by atoms with Crippen LogP contribution in [0.1, 0.15) is 59.8 Å². The first-order valence-corrected chi connectivity index (χ1v) is 9.43. The van der Waals surface area contributed by atoms with Crippen LogP contribution in [0.5, 0.6) is 0 Å². The minimum absolute atomic E-state index is 0.00409. The number of hydrogen-bond donors (Lipinski definition) is 0. The monoisotopic (exact) mass is 343 g/mol. The first kappa shape index (κ1) is 15.5. The average molecular weight is 343 g/mol. The molecule has 4 nitrogen and oxygen atoms in total. The third-order valence-corrected chi connectivity index (χ3v) is 5.80. The maximum atomic E-state index is 13.1. The van der Waals surface area contributed by atoms with E-state index in [9.17, 15) is 4.79 Å². The Balaban J connectivity index is 1.54. The van der Waals surface area contributed by atoms with E-state index in [4.69, 9.17) is 9.97 Å². The predicted octanol–water partition coefficient (Wildman–Crippen LogP) is 4.66. The van der Waals surface area contributed by atoms with Crippen molar-refractivity contribution in [3.8, 4) is 0 Å². The lowest BCUT2D eigenvalue weighted by atomic mass is 10.00. The number of hydrogen-bond acceptors (Lipinski definition) is 3. The molecule has 1 aromatic heterocycles. The van der Waals surface area contributed by atoms with Crippen LogP contribution in [0, 0.1) is 0 Å². The summed E-state index contributed by atoms with van der Waals surface area (Å²) in [5, 5.41) is 0. The molecular formula is C22H21N3O. The van der Waals surface area contributed by atoms with Gasteiger partial charge >= 0.3 is 0 Å². The van der Waals surface area contributed by atoms with Crippen LogP contribution in [0.25, 0.3) is 11.0 Å². The molecule has 0 spiro atoms. The highest BCUT2D eigenvalue weighted by Gasteiger charge is 2.39. The minimum Gasteiger partial charge on any atom is -0.309 e. The fourth-order valence-electron chi connectivity index (χ4n) is 4.50. The molecule has 3 aromatic rings. The summed E-state index contributed by atoms with van der Waals surface area (Å²) in [5.74, 6) is 1.18. The number of carbonyl (C=O) groups excluding carboxylic acids is 1. The minimum atomic E-state index is 0.00409. The van der Waals surface area contributed by atoms with Crippen LogP contribution in [-0.2, 0) is 0 Å². The summed E-state index contributed by atoms with van der Waals surface area (Å²) in [6.45, 7) is 2.62. The van der Waals surface area contributed by atoms with Crippen LogP contribution < -0.4 is 4.90 Å². The molecule has 26 heavy (non-hydrogen) atoms. The molecule has 2 aliphatic carbocycles. The van der Waals surface area contributed by atoms with Crippen molar-refractivity contribution in [3.05, 3.63) is 65.5 Å². The van der Waals surface area contributed by atoms with E-state index in [-0.39, 0.29) is 5.91 Å². The number of fused-ring (bicyclic) bond motifs is 6. The third kappa shape index (κ3) is 2.32. The molecule has 5 rings (SSSR count). The third-order valence-electron chi connectivity index (χ3n) is 5.80. The zero-order valence-electron chi connectivity index (χ0n) is 14.9. The zero-order chi connectivity index (χ0) is 17.7. The van der Waals surface area contributed by atoms with Gasteiger partial charge in [-0.3, -0.25) is 4.79 Å². The summed E-state index contributed by atoms with van der Waals surface area (Å²) < 4.78 is 0. The number of anilines is 1. The molecule has 2 bridgehead atoms. The second-order valence-corrected chi connectivity index (χ2v) is 7.29. The van der Waals surface area contributed by atoms with Gasteiger partial charge in [-0.1, -0.05) is 18.2 Å². The van der Waals surface area contributed by atoms with Crippen LogP contribution in [-0.4, -0.2) is 22.4 Å². The number of nitrogens with zero attached hydrogens (tertiary/aromatic N) is 3. The molecule has 1 fully saturated rings. The molecular weight excluding hydrogens is 322 g/mol. The molecule has 1 heterocycles. The summed E-state index contributed by atoms with van der Waals surface area (Å²) in [4.78, 5) is 24.6. The quantitative estimate of drug-likeness (QED) is 0.695. The molecule has 1 saturated carbocycles. The highest BCUT2D eigenvalue weighted by Crippen LogP contribution is 2.51. The molecule has 2 aromatic carbocycles. The molecule has 2 aliphatic rings. The molecule has 0 aliphatic heterocycles. The molecule has 0 N–H and O–H groups in total. The van der Waals surface area contributed by atoms with E-state index >= 15 is 0 Å². The van der Waals surface area contributed by atoms with Gasteiger partial charge in [0.25, 0.3) is 5.91 Å². The number of benzene rings is 2. The molecule has 4 heteroatoms. The second kappa shape index (κ2) is 5.90. The fourth-order valence-corrected chi connectivity index (χ4v) is 4.50. The van der Waals surface area contributed by atoms with E-state index in [0.717, 1.165) is 16.7 Å². The number of amides is 1. The van der Waals surface area contributed by atoms with Gasteiger partial charge < -0.3 is 4.90 Å². The lowest BCUT2D eigenvalue weighted by Gasteiger charge is -2.21. The second-order valence-electron chi connectivity index (χ2n) is 7.29. The van der Waals surface area contributed by atoms with E-state index in [1.807, 2.05) is 55.5 Å². The van der Waals surface area contributed by atoms with Gasteiger partial charge in [-0.25, -0.2) is 9.97 Å². The predicted molar refractivity (Wildman–Crippen MR) is 103 cm³/mol. The molecule has 1 amide bonds. The zero-order valence-corrected chi connectivity index (χ0v) is 14.9. The fraction of sp³-hybridized carbons (Fsp3) is 0.318. The Morgan fingerprint density at radius 3 is 2.38 bits per heavy atom. The van der Waals surface area contributed by atoms with E-state index in [1.54, 1.807) is 4.90 Å². The van der Waals surface area contributed by atoms with Crippen molar-refractivity contribution >= 4 is 22.6 Å². The highest BCUT2D eigenvalue weighted by molar-refractivity contribution is 6.07. The van der Waals surface area contributed by atoms with Gasteiger partial charge in [-0.15, -0.1) is 0 Å². The highest BCUT2D eigenvalue weighted by atomic mass is 16.2. The summed E-state index contributed by atoms with van der Waals surface area (Å²) in [6, 6.07) is 15.5. The Bertz CT molecular complexity index is 999. The molecule has 0 saturated heterocycles. The Labute approximate surface area is 152 Å². The molecule has 2 unspecified atom stereocenters. The van der Waals surface area contributed by atoms with Crippen molar-refractivity contribution in [2.24, 2.45) is 0 Å². The van der Waals surface area contributed by atoms with E-state index in [0.29, 0.717) is 23.9 Å². The van der Waals surface area contributed by atoms with Crippen LogP contribution in [0.15, 0.2) is 48.5 Å². The summed E-state index contributed by atoms with van der Waals surface area (Å²) in [6.07, 6.45) is 3.68. The van der Waals surface area contributed by atoms with E-state index in [1.165, 1.54) is 30.7 Å². The van der Waals surface area contributed by atoms with Gasteiger partial charge in [0, 0.05) is 29.6 Å². The van der Waals surface area contributed by atoms with Crippen molar-refractivity contribution in [2.75, 3.05) is 11.4 Å². The Morgan fingerprint density at radius 2 is 1.69 bits per heavy atom. The molecule has 130 valence electrons. The van der Waals surface area contributed by atoms with Gasteiger partial charge in [0.15, 0.2) is 0 Å². The normalized spacial score (nSPS) is 20.3. The van der Waals surface area contributed by atoms with Gasteiger partial charge in [0.1, 0.15) is 0 Å². The van der Waals surface area contributed by atoms with Crippen molar-refractivity contribution < 1.29 is 4.79 Å². The van der Waals surface area contributed by atoms with Crippen molar-refractivity contribution in [2.45, 2.75) is 38.0 Å². The number of aromatic nitrogens is 2. The summed E-state index contributed by atoms with van der Waals surface area (Å²) in [5.41, 5.74) is 5.70. The SMILES string of the molecule is CCN(C(=O)c1ccc2nc3c(nc2c1)C1CCC3C1)c1ccccc1. The van der Waals surface area contributed by atoms with Gasteiger partial charge in [-0.2, -0.15) is 0 Å². The number of para-hydroxylation sites is 1. The maximum Gasteiger partial charge on any atom is 0.258 e. The van der Waals surface area contributed by atoms with Crippen LogP contribution in [0.2, 0.25) is 0 Å². The number of carbonyl (C=O) groups is 1. The van der Waals surface area contributed by atoms with Gasteiger partial charge in [-0.05, 0) is 56.5 Å². The first-order chi connectivity index (χ1) is 12.7. The lowest BCUT2D eigenvalue weighted by molar-refractivity contribution is 0.0988. The smallest absolute Gasteiger partial charge is 0.258 e. The van der Waals surface area contributed by atoms with Gasteiger partial charge in [0.05, 0.1) is 22.4 Å². The lowest BCUT2D eigenvalue weighted by Crippen LogP contribution is -2.30. The largest absolute Gasteiger partial charge is 0.309 e. The van der Waals surface area contributed by atoms with Crippen molar-refractivity contribution in [1.82, 2.24) is 9.97 Å². The van der Waals surface area contributed by atoms with Gasteiger partial charge in [0.2, 0.25) is 0 Å². The topological polar surface area (TPSA) is 46.1 Å². The molecule has 0 radical (unpaired) electrons.